The molecule has 0 heterocycles. The Balaban J connectivity index is 2.15. The number of halogens is 2. The SMILES string of the molecule is CCCNC(CC1(OC)CCC1)c1ccc(F)c(F)c1. The van der Waals surface area contributed by atoms with Crippen LogP contribution in [-0.2, 0) is 4.74 Å². The summed E-state index contributed by atoms with van der Waals surface area (Å²) in [6.45, 7) is 2.94. The van der Waals surface area contributed by atoms with Crippen LogP contribution >= 0.6 is 0 Å². The molecule has 0 saturated heterocycles. The Morgan fingerprint density at radius 1 is 1.30 bits per heavy atom. The zero-order chi connectivity index (χ0) is 14.6. The van der Waals surface area contributed by atoms with E-state index < -0.39 is 11.6 Å². The van der Waals surface area contributed by atoms with Gasteiger partial charge >= 0.3 is 0 Å². The standard InChI is InChI=1S/C16H23F2NO/c1-3-9-19-15(11-16(20-2)7-4-8-16)12-5-6-13(17)14(18)10-12/h5-6,10,15,19H,3-4,7-9,11H2,1-2H3. The third kappa shape index (κ3) is 3.36. The summed E-state index contributed by atoms with van der Waals surface area (Å²) in [4.78, 5) is 0. The minimum Gasteiger partial charge on any atom is -0.378 e. The van der Waals surface area contributed by atoms with Crippen LogP contribution in [0.1, 0.15) is 50.6 Å². The molecule has 20 heavy (non-hydrogen) atoms. The molecule has 0 aliphatic heterocycles. The lowest BCUT2D eigenvalue weighted by Gasteiger charge is -2.43. The van der Waals surface area contributed by atoms with Gasteiger partial charge in [-0.15, -0.1) is 0 Å². The van der Waals surface area contributed by atoms with E-state index in [1.807, 2.05) is 0 Å². The van der Waals surface area contributed by atoms with Gasteiger partial charge in [-0.1, -0.05) is 13.0 Å². The van der Waals surface area contributed by atoms with Crippen LogP contribution in [-0.4, -0.2) is 19.3 Å². The van der Waals surface area contributed by atoms with Crippen LogP contribution in [0.5, 0.6) is 0 Å². The molecule has 1 aliphatic rings. The Kier molecular flexibility index (Phi) is 5.11. The summed E-state index contributed by atoms with van der Waals surface area (Å²) < 4.78 is 32.2. The van der Waals surface area contributed by atoms with Gasteiger partial charge in [-0.2, -0.15) is 0 Å². The third-order valence-electron chi connectivity index (χ3n) is 4.26. The molecule has 1 aliphatic carbocycles. The summed E-state index contributed by atoms with van der Waals surface area (Å²) in [5.74, 6) is -1.58. The molecule has 0 radical (unpaired) electrons. The molecule has 0 bridgehead atoms. The van der Waals surface area contributed by atoms with Gasteiger partial charge in [-0.3, -0.25) is 0 Å². The normalized spacial score (nSPS) is 18.6. The average molecular weight is 283 g/mol. The molecule has 0 aromatic heterocycles. The minimum atomic E-state index is -0.798. The molecular weight excluding hydrogens is 260 g/mol. The van der Waals surface area contributed by atoms with Crippen molar-refractivity contribution in [1.29, 1.82) is 0 Å². The van der Waals surface area contributed by atoms with Gasteiger partial charge < -0.3 is 10.1 Å². The molecule has 2 rings (SSSR count). The van der Waals surface area contributed by atoms with Crippen molar-refractivity contribution in [3.63, 3.8) is 0 Å². The number of hydrogen-bond acceptors (Lipinski definition) is 2. The number of hydrogen-bond donors (Lipinski definition) is 1. The summed E-state index contributed by atoms with van der Waals surface area (Å²) in [7, 11) is 1.74. The van der Waals surface area contributed by atoms with Crippen molar-refractivity contribution in [2.75, 3.05) is 13.7 Å². The Labute approximate surface area is 119 Å². The van der Waals surface area contributed by atoms with Crippen LogP contribution in [0, 0.1) is 11.6 Å². The maximum atomic E-state index is 13.4. The maximum Gasteiger partial charge on any atom is 0.159 e. The highest BCUT2D eigenvalue weighted by atomic mass is 19.2. The van der Waals surface area contributed by atoms with E-state index in [1.54, 1.807) is 13.2 Å². The summed E-state index contributed by atoms with van der Waals surface area (Å²) in [6, 6.07) is 4.16. The first-order chi connectivity index (χ1) is 9.60. The van der Waals surface area contributed by atoms with Gasteiger partial charge in [-0.05, 0) is 56.3 Å². The maximum absolute atomic E-state index is 13.4. The predicted molar refractivity (Wildman–Crippen MR) is 75.6 cm³/mol. The van der Waals surface area contributed by atoms with E-state index >= 15 is 0 Å². The first-order valence-electron chi connectivity index (χ1n) is 7.34. The smallest absolute Gasteiger partial charge is 0.159 e. The van der Waals surface area contributed by atoms with Crippen molar-refractivity contribution in [3.8, 4) is 0 Å². The number of rotatable bonds is 7. The number of methoxy groups -OCH3 is 1. The lowest BCUT2D eigenvalue weighted by atomic mass is 9.74. The fourth-order valence-corrected chi connectivity index (χ4v) is 2.79. The summed E-state index contributed by atoms with van der Waals surface area (Å²) in [6.07, 6.45) is 5.05. The van der Waals surface area contributed by atoms with Gasteiger partial charge in [0.25, 0.3) is 0 Å². The molecule has 1 atom stereocenters. The van der Waals surface area contributed by atoms with E-state index in [-0.39, 0.29) is 11.6 Å². The monoisotopic (exact) mass is 283 g/mol. The van der Waals surface area contributed by atoms with Crippen molar-refractivity contribution in [2.45, 2.75) is 50.7 Å². The Bertz CT molecular complexity index is 441. The van der Waals surface area contributed by atoms with E-state index in [1.165, 1.54) is 18.6 Å². The molecule has 0 amide bonds. The molecule has 1 N–H and O–H groups in total. The van der Waals surface area contributed by atoms with Gasteiger partial charge in [0.15, 0.2) is 11.6 Å². The zero-order valence-electron chi connectivity index (χ0n) is 12.2. The lowest BCUT2D eigenvalue weighted by molar-refractivity contribution is -0.0838. The van der Waals surface area contributed by atoms with E-state index in [2.05, 4.69) is 12.2 Å². The molecule has 1 aromatic carbocycles. The van der Waals surface area contributed by atoms with Crippen LogP contribution in [0.15, 0.2) is 18.2 Å². The quantitative estimate of drug-likeness (QED) is 0.817. The highest BCUT2D eigenvalue weighted by molar-refractivity contribution is 5.22. The molecule has 2 nitrogen and oxygen atoms in total. The topological polar surface area (TPSA) is 21.3 Å². The van der Waals surface area contributed by atoms with Crippen molar-refractivity contribution >= 4 is 0 Å². The van der Waals surface area contributed by atoms with Crippen LogP contribution in [0.3, 0.4) is 0 Å². The van der Waals surface area contributed by atoms with Gasteiger partial charge in [0.05, 0.1) is 5.60 Å². The van der Waals surface area contributed by atoms with Gasteiger partial charge in [0, 0.05) is 13.2 Å². The van der Waals surface area contributed by atoms with Crippen molar-refractivity contribution in [3.05, 3.63) is 35.4 Å². The fraction of sp³-hybridized carbons (Fsp3) is 0.625. The number of ether oxygens (including phenoxy) is 1. The molecule has 4 heteroatoms. The van der Waals surface area contributed by atoms with Crippen molar-refractivity contribution in [1.82, 2.24) is 5.32 Å². The molecule has 1 fully saturated rings. The van der Waals surface area contributed by atoms with Crippen LogP contribution < -0.4 is 5.32 Å². The number of nitrogens with one attached hydrogen (secondary N) is 1. The second-order valence-corrected chi connectivity index (χ2v) is 5.63. The molecule has 112 valence electrons. The van der Waals surface area contributed by atoms with Crippen LogP contribution in [0.2, 0.25) is 0 Å². The number of benzene rings is 1. The molecule has 0 spiro atoms. The highest BCUT2D eigenvalue weighted by Crippen LogP contribution is 2.42. The fourth-order valence-electron chi connectivity index (χ4n) is 2.79. The van der Waals surface area contributed by atoms with E-state index in [9.17, 15) is 8.78 Å². The van der Waals surface area contributed by atoms with Gasteiger partial charge in [-0.25, -0.2) is 8.78 Å². The van der Waals surface area contributed by atoms with Crippen LogP contribution in [0.25, 0.3) is 0 Å². The van der Waals surface area contributed by atoms with Crippen molar-refractivity contribution < 1.29 is 13.5 Å². The minimum absolute atomic E-state index is 0.00491. The van der Waals surface area contributed by atoms with Crippen molar-refractivity contribution in [2.24, 2.45) is 0 Å². The van der Waals surface area contributed by atoms with Crippen LogP contribution in [0.4, 0.5) is 8.78 Å². The largest absolute Gasteiger partial charge is 0.378 e. The van der Waals surface area contributed by atoms with E-state index in [4.69, 9.17) is 4.74 Å². The zero-order valence-corrected chi connectivity index (χ0v) is 12.2. The average Bonchev–Trinajstić information content (AvgIpc) is 2.41. The Morgan fingerprint density at radius 2 is 2.05 bits per heavy atom. The summed E-state index contributed by atoms with van der Waals surface area (Å²) >= 11 is 0. The predicted octanol–water partition coefficient (Wildman–Crippen LogP) is 3.96. The second kappa shape index (κ2) is 6.64. The summed E-state index contributed by atoms with van der Waals surface area (Å²) in [5.41, 5.74) is 0.691. The van der Waals surface area contributed by atoms with E-state index in [0.717, 1.165) is 37.8 Å². The summed E-state index contributed by atoms with van der Waals surface area (Å²) in [5, 5.41) is 3.42. The van der Waals surface area contributed by atoms with Gasteiger partial charge in [0.1, 0.15) is 0 Å². The highest BCUT2D eigenvalue weighted by Gasteiger charge is 2.39. The Morgan fingerprint density at radius 3 is 2.55 bits per heavy atom. The molecule has 1 aromatic rings. The molecule has 1 unspecified atom stereocenters. The first-order valence-corrected chi connectivity index (χ1v) is 7.34. The van der Waals surface area contributed by atoms with Gasteiger partial charge in [0.2, 0.25) is 0 Å². The molecule has 1 saturated carbocycles. The third-order valence-corrected chi connectivity index (χ3v) is 4.26. The molecular formula is C16H23F2NO. The Hall–Kier alpha value is -1.00. The lowest BCUT2D eigenvalue weighted by Crippen LogP contribution is -2.43. The van der Waals surface area contributed by atoms with E-state index in [0.29, 0.717) is 0 Å². The second-order valence-electron chi connectivity index (χ2n) is 5.63. The first kappa shape index (κ1) is 15.4.